The molecular formula is C12H15N3. The van der Waals surface area contributed by atoms with Gasteiger partial charge in [0, 0.05) is 11.3 Å². The summed E-state index contributed by atoms with van der Waals surface area (Å²) in [6, 6.07) is 6.14. The second-order valence-corrected chi connectivity index (χ2v) is 3.96. The van der Waals surface area contributed by atoms with Crippen LogP contribution in [0.3, 0.4) is 0 Å². The number of rotatable bonds is 2. The molecule has 0 fully saturated rings. The SMILES string of the molecule is CC(C)c1ccc(-c2cnc[nH]2)cc1N. The highest BCUT2D eigenvalue weighted by Gasteiger charge is 2.06. The van der Waals surface area contributed by atoms with Crippen LogP contribution < -0.4 is 5.73 Å². The van der Waals surface area contributed by atoms with Crippen LogP contribution in [0.4, 0.5) is 5.69 Å². The quantitative estimate of drug-likeness (QED) is 0.734. The zero-order chi connectivity index (χ0) is 10.8. The fourth-order valence-electron chi connectivity index (χ4n) is 1.68. The monoisotopic (exact) mass is 201 g/mol. The average Bonchev–Trinajstić information content (AvgIpc) is 2.69. The molecule has 0 aliphatic rings. The van der Waals surface area contributed by atoms with Gasteiger partial charge in [0.1, 0.15) is 0 Å². The first-order chi connectivity index (χ1) is 7.18. The number of nitrogens with one attached hydrogen (secondary N) is 1. The van der Waals surface area contributed by atoms with E-state index in [1.807, 2.05) is 6.07 Å². The van der Waals surface area contributed by atoms with Gasteiger partial charge in [-0.1, -0.05) is 26.0 Å². The van der Waals surface area contributed by atoms with E-state index in [9.17, 15) is 0 Å². The van der Waals surface area contributed by atoms with E-state index in [4.69, 9.17) is 5.73 Å². The van der Waals surface area contributed by atoms with Gasteiger partial charge in [0.15, 0.2) is 0 Å². The summed E-state index contributed by atoms with van der Waals surface area (Å²) in [5.74, 6) is 0.459. The van der Waals surface area contributed by atoms with Crippen molar-refractivity contribution in [2.24, 2.45) is 0 Å². The van der Waals surface area contributed by atoms with Crippen LogP contribution in [-0.4, -0.2) is 9.97 Å². The van der Waals surface area contributed by atoms with Crippen molar-refractivity contribution in [3.63, 3.8) is 0 Å². The lowest BCUT2D eigenvalue weighted by Gasteiger charge is -2.10. The molecule has 0 saturated heterocycles. The molecule has 1 aromatic heterocycles. The number of anilines is 1. The molecule has 0 saturated carbocycles. The first-order valence-electron chi connectivity index (χ1n) is 5.06. The summed E-state index contributed by atoms with van der Waals surface area (Å²) in [6.07, 6.45) is 3.46. The number of H-pyrrole nitrogens is 1. The van der Waals surface area contributed by atoms with Crippen molar-refractivity contribution in [3.05, 3.63) is 36.3 Å². The van der Waals surface area contributed by atoms with E-state index in [1.165, 1.54) is 5.56 Å². The Hall–Kier alpha value is -1.77. The Labute approximate surface area is 89.4 Å². The molecule has 2 rings (SSSR count). The Morgan fingerprint density at radius 1 is 1.33 bits per heavy atom. The van der Waals surface area contributed by atoms with E-state index in [0.29, 0.717) is 5.92 Å². The maximum atomic E-state index is 5.99. The number of imidazole rings is 1. The van der Waals surface area contributed by atoms with Crippen LogP contribution >= 0.6 is 0 Å². The lowest BCUT2D eigenvalue weighted by Crippen LogP contribution is -1.96. The Kier molecular flexibility index (Phi) is 2.46. The van der Waals surface area contributed by atoms with Crippen molar-refractivity contribution in [2.45, 2.75) is 19.8 Å². The molecule has 78 valence electrons. The summed E-state index contributed by atoms with van der Waals surface area (Å²) >= 11 is 0. The van der Waals surface area contributed by atoms with Crippen molar-refractivity contribution in [2.75, 3.05) is 5.73 Å². The van der Waals surface area contributed by atoms with Crippen LogP contribution in [0.25, 0.3) is 11.3 Å². The minimum atomic E-state index is 0.459. The number of nitrogens with zero attached hydrogens (tertiary/aromatic N) is 1. The van der Waals surface area contributed by atoms with Gasteiger partial charge in [-0.25, -0.2) is 4.98 Å². The van der Waals surface area contributed by atoms with Gasteiger partial charge >= 0.3 is 0 Å². The summed E-state index contributed by atoms with van der Waals surface area (Å²) < 4.78 is 0. The third-order valence-electron chi connectivity index (χ3n) is 2.52. The molecule has 0 bridgehead atoms. The predicted octanol–water partition coefficient (Wildman–Crippen LogP) is 2.78. The van der Waals surface area contributed by atoms with Crippen LogP contribution in [0.15, 0.2) is 30.7 Å². The van der Waals surface area contributed by atoms with E-state index >= 15 is 0 Å². The highest BCUT2D eigenvalue weighted by Crippen LogP contribution is 2.26. The third kappa shape index (κ3) is 1.86. The van der Waals surface area contributed by atoms with Crippen LogP contribution in [0.1, 0.15) is 25.3 Å². The molecule has 0 atom stereocenters. The van der Waals surface area contributed by atoms with Crippen molar-refractivity contribution >= 4 is 5.69 Å². The predicted molar refractivity (Wildman–Crippen MR) is 62.5 cm³/mol. The van der Waals surface area contributed by atoms with Crippen LogP contribution in [0, 0.1) is 0 Å². The molecule has 1 heterocycles. The number of hydrogen-bond acceptors (Lipinski definition) is 2. The van der Waals surface area contributed by atoms with Gasteiger partial charge in [0.2, 0.25) is 0 Å². The summed E-state index contributed by atoms with van der Waals surface area (Å²) in [6.45, 7) is 4.28. The highest BCUT2D eigenvalue weighted by molar-refractivity contribution is 5.66. The highest BCUT2D eigenvalue weighted by atomic mass is 14.9. The van der Waals surface area contributed by atoms with Crippen molar-refractivity contribution in [1.82, 2.24) is 9.97 Å². The van der Waals surface area contributed by atoms with Crippen molar-refractivity contribution in [1.29, 1.82) is 0 Å². The molecule has 0 unspecified atom stereocenters. The fraction of sp³-hybridized carbons (Fsp3) is 0.250. The average molecular weight is 201 g/mol. The number of nitrogens with two attached hydrogens (primary N) is 1. The Balaban J connectivity index is 2.42. The molecule has 0 aliphatic heterocycles. The van der Waals surface area contributed by atoms with E-state index in [-0.39, 0.29) is 0 Å². The van der Waals surface area contributed by atoms with Gasteiger partial charge in [-0.15, -0.1) is 0 Å². The van der Waals surface area contributed by atoms with E-state index < -0.39 is 0 Å². The van der Waals surface area contributed by atoms with E-state index in [2.05, 4.69) is 35.9 Å². The second kappa shape index (κ2) is 3.77. The lowest BCUT2D eigenvalue weighted by atomic mass is 9.99. The largest absolute Gasteiger partial charge is 0.398 e. The van der Waals surface area contributed by atoms with E-state index in [1.54, 1.807) is 12.5 Å². The molecule has 2 aromatic rings. The van der Waals surface area contributed by atoms with Gasteiger partial charge in [-0.05, 0) is 17.5 Å². The zero-order valence-electron chi connectivity index (χ0n) is 8.99. The maximum Gasteiger partial charge on any atom is 0.0924 e. The smallest absolute Gasteiger partial charge is 0.0924 e. The number of aromatic amines is 1. The number of aromatic nitrogens is 2. The van der Waals surface area contributed by atoms with Gasteiger partial charge in [0.05, 0.1) is 18.2 Å². The Morgan fingerprint density at radius 2 is 2.13 bits per heavy atom. The first kappa shape index (κ1) is 9.77. The number of benzene rings is 1. The lowest BCUT2D eigenvalue weighted by molar-refractivity contribution is 0.870. The van der Waals surface area contributed by atoms with Gasteiger partial charge in [0.25, 0.3) is 0 Å². The van der Waals surface area contributed by atoms with Gasteiger partial charge in [-0.2, -0.15) is 0 Å². The van der Waals surface area contributed by atoms with Crippen molar-refractivity contribution < 1.29 is 0 Å². The van der Waals surface area contributed by atoms with E-state index in [0.717, 1.165) is 16.9 Å². The Bertz CT molecular complexity index is 444. The van der Waals surface area contributed by atoms with Crippen molar-refractivity contribution in [3.8, 4) is 11.3 Å². The third-order valence-corrected chi connectivity index (χ3v) is 2.52. The molecule has 1 aromatic carbocycles. The zero-order valence-corrected chi connectivity index (χ0v) is 8.99. The van der Waals surface area contributed by atoms with Crippen LogP contribution in [0.5, 0.6) is 0 Å². The summed E-state index contributed by atoms with van der Waals surface area (Å²) in [5.41, 5.74) is 10.1. The van der Waals surface area contributed by atoms with Gasteiger partial charge < -0.3 is 10.7 Å². The number of hydrogen-bond donors (Lipinski definition) is 2. The molecule has 3 nitrogen and oxygen atoms in total. The Morgan fingerprint density at radius 3 is 2.67 bits per heavy atom. The molecule has 3 heteroatoms. The molecule has 15 heavy (non-hydrogen) atoms. The standard InChI is InChI=1S/C12H15N3/c1-8(2)10-4-3-9(5-11(10)13)12-6-14-7-15-12/h3-8H,13H2,1-2H3,(H,14,15). The molecule has 0 aliphatic carbocycles. The van der Waals surface area contributed by atoms with Gasteiger partial charge in [-0.3, -0.25) is 0 Å². The molecule has 0 radical (unpaired) electrons. The summed E-state index contributed by atoms with van der Waals surface area (Å²) in [5, 5.41) is 0. The van der Waals surface area contributed by atoms with Crippen LogP contribution in [-0.2, 0) is 0 Å². The second-order valence-electron chi connectivity index (χ2n) is 3.96. The normalized spacial score (nSPS) is 10.9. The minimum absolute atomic E-state index is 0.459. The minimum Gasteiger partial charge on any atom is -0.398 e. The topological polar surface area (TPSA) is 54.7 Å². The maximum absolute atomic E-state index is 5.99. The molecular weight excluding hydrogens is 186 g/mol. The molecule has 3 N–H and O–H groups in total. The fourth-order valence-corrected chi connectivity index (χ4v) is 1.68. The summed E-state index contributed by atoms with van der Waals surface area (Å²) in [4.78, 5) is 7.05. The van der Waals surface area contributed by atoms with Crippen LogP contribution in [0.2, 0.25) is 0 Å². The molecule has 0 amide bonds. The summed E-state index contributed by atoms with van der Waals surface area (Å²) in [7, 11) is 0. The molecule has 0 spiro atoms. The number of nitrogen functional groups attached to an aromatic ring is 1. The first-order valence-corrected chi connectivity index (χ1v) is 5.06.